The van der Waals surface area contributed by atoms with Gasteiger partial charge in [0.25, 0.3) is 5.91 Å². The van der Waals surface area contributed by atoms with Gasteiger partial charge in [0, 0.05) is 5.69 Å². The third-order valence-electron chi connectivity index (χ3n) is 2.70. The smallest absolute Gasteiger partial charge is 0.275 e. The van der Waals surface area contributed by atoms with Crippen LogP contribution in [-0.2, 0) is 6.42 Å². The van der Waals surface area contributed by atoms with Crippen molar-refractivity contribution in [2.45, 2.75) is 6.42 Å². The molecule has 1 aromatic heterocycles. The average Bonchev–Trinajstić information content (AvgIpc) is 2.50. The van der Waals surface area contributed by atoms with Gasteiger partial charge in [0.2, 0.25) is 0 Å². The quantitative estimate of drug-likeness (QED) is 0.594. The number of carbonyl (C=O) groups excluding carboxylic acids is 1. The summed E-state index contributed by atoms with van der Waals surface area (Å²) in [5, 5.41) is 11.5. The zero-order chi connectivity index (χ0) is 15.2. The van der Waals surface area contributed by atoms with E-state index in [0.717, 1.165) is 5.56 Å². The Balaban J connectivity index is 2.16. The maximum atomic E-state index is 12.1. The zero-order valence-electron chi connectivity index (χ0n) is 10.9. The molecule has 0 aliphatic heterocycles. The highest BCUT2D eigenvalue weighted by atomic mass is 35.5. The van der Waals surface area contributed by atoms with E-state index in [2.05, 4.69) is 21.8 Å². The molecule has 0 radical (unpaired) electrons. The fourth-order valence-electron chi connectivity index (χ4n) is 1.67. The Hall–Kier alpha value is -2.62. The summed E-state index contributed by atoms with van der Waals surface area (Å²) in [4.78, 5) is 16.1. The Morgan fingerprint density at radius 3 is 2.62 bits per heavy atom. The molecule has 21 heavy (non-hydrogen) atoms. The summed E-state index contributed by atoms with van der Waals surface area (Å²) in [6.07, 6.45) is 0.325. The van der Waals surface area contributed by atoms with Gasteiger partial charge in [-0.1, -0.05) is 23.7 Å². The number of hydrogen-bond acceptors (Lipinski definition) is 5. The number of rotatable bonds is 4. The van der Waals surface area contributed by atoms with Gasteiger partial charge in [0.15, 0.2) is 0 Å². The molecule has 1 aromatic carbocycles. The first-order valence-electron chi connectivity index (χ1n) is 6.04. The molecule has 2 aromatic rings. The van der Waals surface area contributed by atoms with Crippen molar-refractivity contribution < 1.29 is 4.79 Å². The summed E-state index contributed by atoms with van der Waals surface area (Å²) in [5.41, 5.74) is 3.90. The van der Waals surface area contributed by atoms with Crippen LogP contribution in [0.15, 0.2) is 36.4 Å². The first kappa shape index (κ1) is 14.8. The minimum absolute atomic E-state index is 0.0771. The number of pyridine rings is 1. The monoisotopic (exact) mass is 301 g/mol. The lowest BCUT2D eigenvalue weighted by Gasteiger charge is -2.08. The lowest BCUT2D eigenvalue weighted by atomic mass is 10.1. The van der Waals surface area contributed by atoms with Gasteiger partial charge in [-0.15, -0.1) is 0 Å². The molecule has 1 heterocycles. The highest BCUT2D eigenvalue weighted by Crippen LogP contribution is 2.18. The molecular weight excluding hydrogens is 290 g/mol. The predicted octanol–water partition coefficient (Wildman–Crippen LogP) is 2.34. The molecule has 0 aliphatic rings. The molecule has 0 saturated carbocycles. The van der Waals surface area contributed by atoms with Crippen molar-refractivity contribution in [2.75, 3.05) is 10.7 Å². The molecule has 4 N–H and O–H groups in total. The molecule has 0 saturated heterocycles. The van der Waals surface area contributed by atoms with Crippen molar-refractivity contribution in [3.8, 4) is 6.07 Å². The maximum absolute atomic E-state index is 12.1. The highest BCUT2D eigenvalue weighted by molar-refractivity contribution is 6.34. The van der Waals surface area contributed by atoms with E-state index in [4.69, 9.17) is 22.7 Å². The topological polar surface area (TPSA) is 104 Å². The van der Waals surface area contributed by atoms with Crippen LogP contribution in [0.1, 0.15) is 16.1 Å². The Kier molecular flexibility index (Phi) is 4.72. The van der Waals surface area contributed by atoms with Gasteiger partial charge in [0.1, 0.15) is 11.5 Å². The molecule has 7 heteroatoms. The van der Waals surface area contributed by atoms with Crippen molar-refractivity contribution in [3.63, 3.8) is 0 Å². The van der Waals surface area contributed by atoms with Gasteiger partial charge in [0.05, 0.1) is 17.5 Å². The summed E-state index contributed by atoms with van der Waals surface area (Å²) in [7, 11) is 0. The minimum atomic E-state index is -0.440. The third-order valence-corrected chi connectivity index (χ3v) is 3.01. The first-order chi connectivity index (χ1) is 10.1. The average molecular weight is 302 g/mol. The van der Waals surface area contributed by atoms with E-state index in [9.17, 15) is 4.79 Å². The number of nitrogen functional groups attached to an aromatic ring is 1. The van der Waals surface area contributed by atoms with Gasteiger partial charge in [-0.2, -0.15) is 5.26 Å². The molecular formula is C14H12ClN5O. The number of hydrogen-bond donors (Lipinski definition) is 3. The first-order valence-corrected chi connectivity index (χ1v) is 6.42. The number of benzene rings is 1. The fraction of sp³-hybridized carbons (Fsp3) is 0.0714. The molecule has 2 rings (SSSR count). The largest absolute Gasteiger partial charge is 0.321 e. The second kappa shape index (κ2) is 6.70. The number of anilines is 2. The van der Waals surface area contributed by atoms with Gasteiger partial charge < -0.3 is 10.7 Å². The lowest BCUT2D eigenvalue weighted by molar-refractivity contribution is 0.102. The normalized spacial score (nSPS) is 9.76. The zero-order valence-corrected chi connectivity index (χ0v) is 11.7. The summed E-state index contributed by atoms with van der Waals surface area (Å²) >= 11 is 5.95. The number of amides is 1. The molecule has 0 bridgehead atoms. The van der Waals surface area contributed by atoms with Crippen LogP contribution in [0, 0.1) is 11.3 Å². The third kappa shape index (κ3) is 3.69. The van der Waals surface area contributed by atoms with E-state index in [-0.39, 0.29) is 10.7 Å². The molecule has 6 nitrogen and oxygen atoms in total. The SMILES string of the molecule is N#CCc1ccc(NC(=O)c2nc(NN)ccc2Cl)cc1. The highest BCUT2D eigenvalue weighted by Gasteiger charge is 2.13. The van der Waals surface area contributed by atoms with E-state index >= 15 is 0 Å². The number of carbonyl (C=O) groups is 1. The summed E-state index contributed by atoms with van der Waals surface area (Å²) < 4.78 is 0. The number of hydrazine groups is 1. The van der Waals surface area contributed by atoms with Crippen LogP contribution in [0.3, 0.4) is 0 Å². The van der Waals surface area contributed by atoms with E-state index in [1.165, 1.54) is 6.07 Å². The summed E-state index contributed by atoms with van der Waals surface area (Å²) in [6, 6.07) is 12.1. The maximum Gasteiger partial charge on any atom is 0.275 e. The van der Waals surface area contributed by atoms with Gasteiger partial charge in [-0.05, 0) is 29.8 Å². The van der Waals surface area contributed by atoms with Crippen LogP contribution in [-0.4, -0.2) is 10.9 Å². The Bertz CT molecular complexity index is 694. The molecule has 0 unspecified atom stereocenters. The van der Waals surface area contributed by atoms with Crippen LogP contribution in [0.4, 0.5) is 11.5 Å². The molecule has 0 spiro atoms. The molecule has 0 atom stereocenters. The number of nitriles is 1. The van der Waals surface area contributed by atoms with E-state index in [1.807, 2.05) is 0 Å². The van der Waals surface area contributed by atoms with E-state index < -0.39 is 5.91 Å². The Labute approximate surface area is 126 Å². The molecule has 1 amide bonds. The van der Waals surface area contributed by atoms with E-state index in [1.54, 1.807) is 30.3 Å². The Morgan fingerprint density at radius 1 is 1.29 bits per heavy atom. The predicted molar refractivity (Wildman–Crippen MR) is 80.8 cm³/mol. The lowest BCUT2D eigenvalue weighted by Crippen LogP contribution is -2.16. The van der Waals surface area contributed by atoms with Crippen molar-refractivity contribution in [2.24, 2.45) is 5.84 Å². The minimum Gasteiger partial charge on any atom is -0.321 e. The van der Waals surface area contributed by atoms with Crippen LogP contribution in [0.5, 0.6) is 0 Å². The van der Waals surface area contributed by atoms with Crippen molar-refractivity contribution in [1.82, 2.24) is 4.98 Å². The summed E-state index contributed by atoms with van der Waals surface area (Å²) in [5.74, 6) is 5.15. The van der Waals surface area contributed by atoms with Crippen molar-refractivity contribution in [3.05, 3.63) is 52.7 Å². The second-order valence-electron chi connectivity index (χ2n) is 4.16. The number of nitrogens with one attached hydrogen (secondary N) is 2. The summed E-state index contributed by atoms with van der Waals surface area (Å²) in [6.45, 7) is 0. The number of aromatic nitrogens is 1. The van der Waals surface area contributed by atoms with Crippen LogP contribution < -0.4 is 16.6 Å². The van der Waals surface area contributed by atoms with Crippen molar-refractivity contribution in [1.29, 1.82) is 5.26 Å². The number of nitrogens with zero attached hydrogens (tertiary/aromatic N) is 2. The molecule has 0 aliphatic carbocycles. The van der Waals surface area contributed by atoms with E-state index in [0.29, 0.717) is 17.9 Å². The number of nitrogens with two attached hydrogens (primary N) is 1. The number of halogens is 1. The second-order valence-corrected chi connectivity index (χ2v) is 4.56. The van der Waals surface area contributed by atoms with Crippen LogP contribution in [0.25, 0.3) is 0 Å². The Morgan fingerprint density at radius 2 is 2.00 bits per heavy atom. The van der Waals surface area contributed by atoms with Gasteiger partial charge in [-0.3, -0.25) is 4.79 Å². The molecule has 106 valence electrons. The van der Waals surface area contributed by atoms with Crippen LogP contribution in [0.2, 0.25) is 5.02 Å². The van der Waals surface area contributed by atoms with Gasteiger partial charge in [-0.25, -0.2) is 10.8 Å². The van der Waals surface area contributed by atoms with Gasteiger partial charge >= 0.3 is 0 Å². The van der Waals surface area contributed by atoms with Crippen molar-refractivity contribution >= 4 is 29.0 Å². The fourth-order valence-corrected chi connectivity index (χ4v) is 1.86. The molecule has 0 fully saturated rings. The standard InChI is InChI=1S/C14H12ClN5O/c15-11-5-6-12(20-17)19-13(11)14(21)18-10-3-1-9(2-4-10)7-8-16/h1-6H,7,17H2,(H,18,21)(H,19,20). The van der Waals surface area contributed by atoms with Crippen LogP contribution >= 0.6 is 11.6 Å².